The molecule has 1 saturated heterocycles. The first-order valence-corrected chi connectivity index (χ1v) is 12.9. The Labute approximate surface area is 219 Å². The van der Waals surface area contributed by atoms with E-state index >= 15 is 0 Å². The van der Waals surface area contributed by atoms with E-state index in [1.54, 1.807) is 19.5 Å². The molecular weight excluding hydrogens is 491 g/mol. The maximum atomic E-state index is 15.0. The first-order valence-electron chi connectivity index (χ1n) is 12.1. The molecule has 1 fully saturated rings. The van der Waals surface area contributed by atoms with Crippen molar-refractivity contribution in [1.29, 1.82) is 0 Å². The molecule has 0 atom stereocenters. The topological polar surface area (TPSA) is 91.3 Å². The molecule has 1 aromatic carbocycles. The SMILES string of the molecule is CCNc1nc(-c2ccnc(OC)c2)c(-c2ccnc(Nc3ccc(N4CCN(C)CC4)c(F)c3)n2)s1. The highest BCUT2D eigenvalue weighted by Gasteiger charge is 2.19. The van der Waals surface area contributed by atoms with Gasteiger partial charge in [0.2, 0.25) is 11.8 Å². The number of likely N-dealkylation sites (N-methyl/N-ethyl adjacent to an activating group) is 1. The summed E-state index contributed by atoms with van der Waals surface area (Å²) in [6.07, 6.45) is 3.38. The van der Waals surface area contributed by atoms with E-state index < -0.39 is 0 Å². The molecular formula is C26H29FN8OS. The van der Waals surface area contributed by atoms with E-state index in [-0.39, 0.29) is 5.82 Å². The second-order valence-electron chi connectivity index (χ2n) is 8.66. The number of thiazole rings is 1. The minimum absolute atomic E-state index is 0.266. The Hall–Kier alpha value is -3.83. The Bertz CT molecular complexity index is 1370. The van der Waals surface area contributed by atoms with Crippen LogP contribution in [0.2, 0.25) is 0 Å². The second kappa shape index (κ2) is 11.1. The van der Waals surface area contributed by atoms with E-state index in [0.717, 1.165) is 54.0 Å². The lowest BCUT2D eigenvalue weighted by Crippen LogP contribution is -2.44. The summed E-state index contributed by atoms with van der Waals surface area (Å²) in [5.74, 6) is 0.617. The summed E-state index contributed by atoms with van der Waals surface area (Å²) in [4.78, 5) is 23.3. The predicted molar refractivity (Wildman–Crippen MR) is 146 cm³/mol. The molecule has 11 heteroatoms. The lowest BCUT2D eigenvalue weighted by molar-refractivity contribution is 0.311. The van der Waals surface area contributed by atoms with Crippen LogP contribution in [-0.2, 0) is 0 Å². The number of hydrogen-bond acceptors (Lipinski definition) is 10. The summed E-state index contributed by atoms with van der Waals surface area (Å²) < 4.78 is 20.3. The highest BCUT2D eigenvalue weighted by molar-refractivity contribution is 7.19. The molecule has 0 amide bonds. The Kier molecular flexibility index (Phi) is 7.42. The number of ether oxygens (including phenoxy) is 1. The van der Waals surface area contributed by atoms with Crippen LogP contribution in [0, 0.1) is 5.82 Å². The summed E-state index contributed by atoms with van der Waals surface area (Å²) in [6, 6.07) is 10.7. The molecule has 4 heterocycles. The predicted octanol–water partition coefficient (Wildman–Crippen LogP) is 4.74. The zero-order chi connectivity index (χ0) is 25.8. The fraction of sp³-hybridized carbons (Fsp3) is 0.308. The first-order chi connectivity index (χ1) is 18.0. The third-order valence-electron chi connectivity index (χ3n) is 6.11. The number of methoxy groups -OCH3 is 1. The number of anilines is 4. The van der Waals surface area contributed by atoms with E-state index in [4.69, 9.17) is 14.7 Å². The number of nitrogens with zero attached hydrogens (tertiary/aromatic N) is 6. The molecule has 2 N–H and O–H groups in total. The van der Waals surface area contributed by atoms with Gasteiger partial charge >= 0.3 is 0 Å². The maximum absolute atomic E-state index is 15.0. The molecule has 1 aliphatic heterocycles. The molecule has 0 radical (unpaired) electrons. The van der Waals surface area contributed by atoms with Gasteiger partial charge in [-0.05, 0) is 44.3 Å². The second-order valence-corrected chi connectivity index (χ2v) is 9.66. The number of hydrogen-bond donors (Lipinski definition) is 2. The normalized spacial score (nSPS) is 14.0. The Morgan fingerprint density at radius 3 is 2.59 bits per heavy atom. The van der Waals surface area contributed by atoms with Crippen molar-refractivity contribution >= 4 is 33.8 Å². The van der Waals surface area contributed by atoms with E-state index in [1.165, 1.54) is 17.4 Å². The van der Waals surface area contributed by atoms with Gasteiger partial charge in [0.15, 0.2) is 5.13 Å². The third kappa shape index (κ3) is 5.62. The van der Waals surface area contributed by atoms with Crippen LogP contribution in [0.5, 0.6) is 5.88 Å². The molecule has 192 valence electrons. The quantitative estimate of drug-likeness (QED) is 0.342. The van der Waals surface area contributed by atoms with Crippen molar-refractivity contribution in [3.8, 4) is 27.7 Å². The van der Waals surface area contributed by atoms with Crippen molar-refractivity contribution in [3.05, 3.63) is 54.6 Å². The zero-order valence-electron chi connectivity index (χ0n) is 21.0. The summed E-state index contributed by atoms with van der Waals surface area (Å²) in [7, 11) is 3.67. The molecule has 0 spiro atoms. The van der Waals surface area contributed by atoms with E-state index in [0.29, 0.717) is 28.9 Å². The first kappa shape index (κ1) is 24.8. The molecule has 3 aromatic heterocycles. The number of benzene rings is 1. The fourth-order valence-electron chi connectivity index (χ4n) is 4.15. The van der Waals surface area contributed by atoms with Crippen molar-refractivity contribution in [3.63, 3.8) is 0 Å². The van der Waals surface area contributed by atoms with Gasteiger partial charge in [-0.3, -0.25) is 0 Å². The fourth-order valence-corrected chi connectivity index (χ4v) is 5.17. The lowest BCUT2D eigenvalue weighted by atomic mass is 10.1. The highest BCUT2D eigenvalue weighted by Crippen LogP contribution is 2.39. The number of pyridine rings is 1. The van der Waals surface area contributed by atoms with Gasteiger partial charge in [0.25, 0.3) is 0 Å². The van der Waals surface area contributed by atoms with Crippen molar-refractivity contribution in [2.45, 2.75) is 6.92 Å². The lowest BCUT2D eigenvalue weighted by Gasteiger charge is -2.34. The van der Waals surface area contributed by atoms with Crippen LogP contribution < -0.4 is 20.3 Å². The molecule has 37 heavy (non-hydrogen) atoms. The van der Waals surface area contributed by atoms with Crippen LogP contribution in [0.25, 0.3) is 21.8 Å². The smallest absolute Gasteiger partial charge is 0.227 e. The van der Waals surface area contributed by atoms with E-state index in [9.17, 15) is 4.39 Å². The largest absolute Gasteiger partial charge is 0.481 e. The van der Waals surface area contributed by atoms with Crippen molar-refractivity contribution in [1.82, 2.24) is 24.8 Å². The maximum Gasteiger partial charge on any atom is 0.227 e. The van der Waals surface area contributed by atoms with Gasteiger partial charge in [-0.2, -0.15) is 0 Å². The zero-order valence-corrected chi connectivity index (χ0v) is 21.8. The van der Waals surface area contributed by atoms with Crippen LogP contribution >= 0.6 is 11.3 Å². The minimum Gasteiger partial charge on any atom is -0.481 e. The van der Waals surface area contributed by atoms with Gasteiger partial charge in [-0.15, -0.1) is 0 Å². The van der Waals surface area contributed by atoms with Gasteiger partial charge < -0.3 is 25.2 Å². The molecule has 0 saturated carbocycles. The van der Waals surface area contributed by atoms with Gasteiger partial charge in [-0.1, -0.05) is 11.3 Å². The molecule has 5 rings (SSSR count). The molecule has 0 aliphatic carbocycles. The van der Waals surface area contributed by atoms with Crippen LogP contribution in [-0.4, -0.2) is 71.7 Å². The Balaban J connectivity index is 1.41. The average molecular weight is 521 g/mol. The minimum atomic E-state index is -0.266. The third-order valence-corrected chi connectivity index (χ3v) is 7.14. The molecule has 0 unspecified atom stereocenters. The van der Waals surface area contributed by atoms with Gasteiger partial charge in [0, 0.05) is 62.4 Å². The van der Waals surface area contributed by atoms with E-state index in [1.807, 2.05) is 37.3 Å². The standard InChI is InChI=1S/C26H29FN8OS/c1-4-28-26-33-23(17-7-9-29-22(15-17)36-3)24(37-26)20-8-10-30-25(32-20)31-18-5-6-21(19(27)16-18)35-13-11-34(2)12-14-35/h5-10,15-16H,4,11-14H2,1-3H3,(H,28,33)(H,30,31,32). The van der Waals surface area contributed by atoms with Gasteiger partial charge in [-0.25, -0.2) is 24.3 Å². The number of rotatable bonds is 8. The van der Waals surface area contributed by atoms with Gasteiger partial charge in [0.1, 0.15) is 5.82 Å². The molecule has 1 aliphatic rings. The summed E-state index contributed by atoms with van der Waals surface area (Å²) in [6.45, 7) is 6.22. The molecule has 4 aromatic rings. The van der Waals surface area contributed by atoms with Crippen molar-refractivity contribution < 1.29 is 9.13 Å². The Morgan fingerprint density at radius 1 is 1.03 bits per heavy atom. The van der Waals surface area contributed by atoms with Gasteiger partial charge in [0.05, 0.1) is 29.1 Å². The summed E-state index contributed by atoms with van der Waals surface area (Å²) in [5, 5.41) is 7.23. The van der Waals surface area contributed by atoms with Crippen LogP contribution in [0.4, 0.5) is 26.8 Å². The van der Waals surface area contributed by atoms with Crippen molar-refractivity contribution in [2.24, 2.45) is 0 Å². The number of piperazine rings is 1. The number of aromatic nitrogens is 4. The van der Waals surface area contributed by atoms with E-state index in [2.05, 4.69) is 37.4 Å². The van der Waals surface area contributed by atoms with Crippen LogP contribution in [0.15, 0.2) is 48.8 Å². The monoisotopic (exact) mass is 520 g/mol. The van der Waals surface area contributed by atoms with Crippen molar-refractivity contribution in [2.75, 3.05) is 62.4 Å². The molecule has 0 bridgehead atoms. The number of halogens is 1. The average Bonchev–Trinajstić information content (AvgIpc) is 3.34. The summed E-state index contributed by atoms with van der Waals surface area (Å²) in [5.41, 5.74) is 3.56. The highest BCUT2D eigenvalue weighted by atomic mass is 32.1. The van der Waals surface area contributed by atoms with Crippen LogP contribution in [0.1, 0.15) is 6.92 Å². The van der Waals surface area contributed by atoms with Crippen LogP contribution in [0.3, 0.4) is 0 Å². The Morgan fingerprint density at radius 2 is 1.84 bits per heavy atom. The molecule has 9 nitrogen and oxygen atoms in total. The number of nitrogens with one attached hydrogen (secondary N) is 2. The summed E-state index contributed by atoms with van der Waals surface area (Å²) >= 11 is 1.51.